The van der Waals surface area contributed by atoms with Crippen LogP contribution in [0.15, 0.2) is 24.3 Å². The first kappa shape index (κ1) is 16.6. The number of benzene rings is 1. The van der Waals surface area contributed by atoms with Crippen LogP contribution in [0.4, 0.5) is 0 Å². The van der Waals surface area contributed by atoms with E-state index in [2.05, 4.69) is 12.1 Å². The highest BCUT2D eigenvalue weighted by atomic mass is 35.5. The number of aryl methyl sites for hydroxylation is 1. The summed E-state index contributed by atoms with van der Waals surface area (Å²) in [5.74, 6) is 0.445. The maximum atomic E-state index is 10.0. The summed E-state index contributed by atoms with van der Waals surface area (Å²) in [5, 5.41) is 10.8. The quantitative estimate of drug-likeness (QED) is 0.604. The predicted molar refractivity (Wildman–Crippen MR) is 102 cm³/mol. The van der Waals surface area contributed by atoms with Gasteiger partial charge in [-0.1, -0.05) is 43.0 Å². The predicted octanol–water partition coefficient (Wildman–Crippen LogP) is 6.20. The first-order valence-corrected chi connectivity index (χ1v) is 9.87. The van der Waals surface area contributed by atoms with Crippen molar-refractivity contribution in [2.24, 2.45) is 0 Å². The Bertz CT molecular complexity index is 829. The van der Waals surface area contributed by atoms with E-state index >= 15 is 0 Å². The van der Waals surface area contributed by atoms with Crippen molar-refractivity contribution in [2.75, 3.05) is 0 Å². The molecule has 0 unspecified atom stereocenters. The summed E-state index contributed by atoms with van der Waals surface area (Å²) in [6.45, 7) is 0. The van der Waals surface area contributed by atoms with E-state index in [-0.39, 0.29) is 0 Å². The molecule has 0 amide bonds. The maximum Gasteiger partial charge on any atom is 0.102 e. The highest BCUT2D eigenvalue weighted by Gasteiger charge is 2.27. The molecule has 1 aromatic heterocycles. The van der Waals surface area contributed by atoms with Crippen molar-refractivity contribution in [1.82, 2.24) is 4.98 Å². The van der Waals surface area contributed by atoms with E-state index in [0.29, 0.717) is 5.92 Å². The van der Waals surface area contributed by atoms with Crippen LogP contribution in [0.1, 0.15) is 73.4 Å². The summed E-state index contributed by atoms with van der Waals surface area (Å²) in [5.41, 5.74) is 6.56. The van der Waals surface area contributed by atoms with E-state index in [0.717, 1.165) is 53.1 Å². The normalized spacial score (nSPS) is 17.8. The monoisotopic (exact) mass is 350 g/mol. The Hall–Kier alpha value is -1.85. The second kappa shape index (κ2) is 7.18. The molecule has 128 valence electrons. The van der Waals surface area contributed by atoms with Gasteiger partial charge in [0.2, 0.25) is 0 Å². The van der Waals surface area contributed by atoms with Crippen LogP contribution in [-0.2, 0) is 12.8 Å². The Labute approximate surface area is 154 Å². The zero-order valence-electron chi connectivity index (χ0n) is 14.5. The van der Waals surface area contributed by atoms with Gasteiger partial charge >= 0.3 is 0 Å². The lowest BCUT2D eigenvalue weighted by atomic mass is 9.87. The molecule has 0 aliphatic heterocycles. The summed E-state index contributed by atoms with van der Waals surface area (Å²) in [7, 11) is 0. The molecule has 1 fully saturated rings. The van der Waals surface area contributed by atoms with E-state index in [1.165, 1.54) is 43.4 Å². The average Bonchev–Trinajstić information content (AvgIpc) is 3.05. The topological polar surface area (TPSA) is 36.7 Å². The third-order valence-corrected chi connectivity index (χ3v) is 5.95. The van der Waals surface area contributed by atoms with Crippen molar-refractivity contribution in [3.05, 3.63) is 51.8 Å². The maximum absolute atomic E-state index is 10.0. The van der Waals surface area contributed by atoms with Crippen LogP contribution in [-0.4, -0.2) is 4.98 Å². The van der Waals surface area contributed by atoms with E-state index in [1.807, 2.05) is 18.2 Å². The second-order valence-corrected chi connectivity index (χ2v) is 7.77. The van der Waals surface area contributed by atoms with Gasteiger partial charge in [-0.05, 0) is 61.8 Å². The van der Waals surface area contributed by atoms with Crippen LogP contribution in [0, 0.1) is 11.3 Å². The molecule has 1 aromatic carbocycles. The van der Waals surface area contributed by atoms with Gasteiger partial charge < -0.3 is 0 Å². The molecule has 0 spiro atoms. The molecule has 1 saturated carbocycles. The SMILES string of the molecule is N#Cc1c(C2CCCC2)nc2c(c1-c1cccc(Cl)c1)CCCCC2. The van der Waals surface area contributed by atoms with Gasteiger partial charge in [-0.15, -0.1) is 0 Å². The van der Waals surface area contributed by atoms with Gasteiger partial charge in [-0.3, -0.25) is 4.98 Å². The number of hydrogen-bond acceptors (Lipinski definition) is 2. The Morgan fingerprint density at radius 2 is 1.84 bits per heavy atom. The minimum absolute atomic E-state index is 0.445. The Morgan fingerprint density at radius 1 is 1.04 bits per heavy atom. The molecule has 0 radical (unpaired) electrons. The van der Waals surface area contributed by atoms with Gasteiger partial charge in [0.15, 0.2) is 0 Å². The number of halogens is 1. The fourth-order valence-corrected chi connectivity index (χ4v) is 4.70. The van der Waals surface area contributed by atoms with E-state index in [1.54, 1.807) is 0 Å². The smallest absolute Gasteiger partial charge is 0.102 e. The molecule has 4 rings (SSSR count). The lowest BCUT2D eigenvalue weighted by Crippen LogP contribution is -2.10. The van der Waals surface area contributed by atoms with Gasteiger partial charge in [0, 0.05) is 22.2 Å². The Balaban J connectivity index is 1.98. The molecule has 0 atom stereocenters. The Morgan fingerprint density at radius 3 is 2.60 bits per heavy atom. The van der Waals surface area contributed by atoms with Crippen molar-refractivity contribution in [3.8, 4) is 17.2 Å². The number of aromatic nitrogens is 1. The molecule has 0 N–H and O–H groups in total. The second-order valence-electron chi connectivity index (χ2n) is 7.34. The standard InChI is InChI=1S/C22H23ClN2/c23-17-10-6-9-16(13-17)21-18-11-2-1-3-12-20(18)25-22(19(21)14-24)15-7-4-5-8-15/h6,9-10,13,15H,1-5,7-8,11-12H2. The van der Waals surface area contributed by atoms with Crippen LogP contribution in [0.25, 0.3) is 11.1 Å². The third-order valence-electron chi connectivity index (χ3n) is 5.72. The Kier molecular flexibility index (Phi) is 4.77. The van der Waals surface area contributed by atoms with Crippen molar-refractivity contribution < 1.29 is 0 Å². The van der Waals surface area contributed by atoms with Crippen molar-refractivity contribution in [2.45, 2.75) is 63.7 Å². The molecular formula is C22H23ClN2. The number of rotatable bonds is 2. The first-order valence-electron chi connectivity index (χ1n) is 9.49. The van der Waals surface area contributed by atoms with Gasteiger partial charge in [-0.2, -0.15) is 5.26 Å². The highest BCUT2D eigenvalue weighted by molar-refractivity contribution is 6.30. The zero-order chi connectivity index (χ0) is 17.2. The number of nitrogens with zero attached hydrogens (tertiary/aromatic N) is 2. The fourth-order valence-electron chi connectivity index (χ4n) is 4.51. The molecule has 25 heavy (non-hydrogen) atoms. The molecular weight excluding hydrogens is 328 g/mol. The van der Waals surface area contributed by atoms with Crippen molar-refractivity contribution in [3.63, 3.8) is 0 Å². The highest BCUT2D eigenvalue weighted by Crippen LogP contribution is 2.41. The van der Waals surface area contributed by atoms with Crippen LogP contribution < -0.4 is 0 Å². The molecule has 0 saturated heterocycles. The average molecular weight is 351 g/mol. The minimum atomic E-state index is 0.445. The molecule has 2 aliphatic rings. The summed E-state index contributed by atoms with van der Waals surface area (Å²) in [6.07, 6.45) is 10.5. The fraction of sp³-hybridized carbons (Fsp3) is 0.455. The zero-order valence-corrected chi connectivity index (χ0v) is 15.3. The molecule has 2 nitrogen and oxygen atoms in total. The lowest BCUT2D eigenvalue weighted by Gasteiger charge is -2.20. The summed E-state index contributed by atoms with van der Waals surface area (Å²) in [4.78, 5) is 5.08. The number of pyridine rings is 1. The van der Waals surface area contributed by atoms with Gasteiger partial charge in [0.1, 0.15) is 6.07 Å². The minimum Gasteiger partial charge on any atom is -0.256 e. The van der Waals surface area contributed by atoms with Crippen molar-refractivity contribution >= 4 is 11.6 Å². The number of nitriles is 1. The van der Waals surface area contributed by atoms with Crippen LogP contribution in [0.2, 0.25) is 5.02 Å². The van der Waals surface area contributed by atoms with Gasteiger partial charge in [0.05, 0.1) is 11.3 Å². The van der Waals surface area contributed by atoms with Gasteiger partial charge in [-0.25, -0.2) is 0 Å². The molecule has 2 aromatic rings. The van der Waals surface area contributed by atoms with Crippen LogP contribution in [0.3, 0.4) is 0 Å². The third kappa shape index (κ3) is 3.18. The molecule has 2 aliphatic carbocycles. The van der Waals surface area contributed by atoms with E-state index in [9.17, 15) is 5.26 Å². The van der Waals surface area contributed by atoms with Crippen LogP contribution in [0.5, 0.6) is 0 Å². The summed E-state index contributed by atoms with van der Waals surface area (Å²) < 4.78 is 0. The molecule has 1 heterocycles. The summed E-state index contributed by atoms with van der Waals surface area (Å²) >= 11 is 6.27. The van der Waals surface area contributed by atoms with Gasteiger partial charge in [0.25, 0.3) is 0 Å². The lowest BCUT2D eigenvalue weighted by molar-refractivity contribution is 0.681. The van der Waals surface area contributed by atoms with Crippen LogP contribution >= 0.6 is 11.6 Å². The number of hydrogen-bond donors (Lipinski definition) is 0. The number of fused-ring (bicyclic) bond motifs is 1. The largest absolute Gasteiger partial charge is 0.256 e. The molecule has 3 heteroatoms. The molecule has 0 bridgehead atoms. The summed E-state index contributed by atoms with van der Waals surface area (Å²) in [6, 6.07) is 10.5. The van der Waals surface area contributed by atoms with Crippen molar-refractivity contribution in [1.29, 1.82) is 5.26 Å². The van der Waals surface area contributed by atoms with E-state index in [4.69, 9.17) is 16.6 Å². The van der Waals surface area contributed by atoms with E-state index < -0.39 is 0 Å². The first-order chi connectivity index (χ1) is 12.3.